The third-order valence-corrected chi connectivity index (χ3v) is 8.60. The van der Waals surface area contributed by atoms with Crippen molar-refractivity contribution >= 4 is 10.9 Å². The number of hydrogen-bond acceptors (Lipinski definition) is 4. The van der Waals surface area contributed by atoms with Crippen molar-refractivity contribution in [3.05, 3.63) is 58.8 Å². The van der Waals surface area contributed by atoms with E-state index in [1.54, 1.807) is 7.11 Å². The molecule has 2 aliphatic carbocycles. The van der Waals surface area contributed by atoms with Gasteiger partial charge in [0, 0.05) is 35.5 Å². The van der Waals surface area contributed by atoms with Crippen molar-refractivity contribution in [1.82, 2.24) is 9.88 Å². The molecule has 0 radical (unpaired) electrons. The molecule has 1 aromatic heterocycles. The van der Waals surface area contributed by atoms with E-state index >= 15 is 0 Å². The highest BCUT2D eigenvalue weighted by Crippen LogP contribution is 2.69. The van der Waals surface area contributed by atoms with Crippen molar-refractivity contribution in [2.24, 2.45) is 0 Å². The zero-order valence-corrected chi connectivity index (χ0v) is 18.3. The van der Waals surface area contributed by atoms with Gasteiger partial charge in [0.2, 0.25) is 0 Å². The molecule has 1 saturated heterocycles. The molecule has 2 aromatic carbocycles. The maximum Gasteiger partial charge on any atom is 0.166 e. The zero-order valence-electron chi connectivity index (χ0n) is 18.3. The average Bonchev–Trinajstić information content (AvgIpc) is 3.32. The average molecular weight is 417 g/mol. The second-order valence-electron chi connectivity index (χ2n) is 9.61. The van der Waals surface area contributed by atoms with Crippen LogP contribution in [0.5, 0.6) is 11.5 Å². The van der Waals surface area contributed by atoms with E-state index in [-0.39, 0.29) is 17.1 Å². The van der Waals surface area contributed by atoms with Gasteiger partial charge in [-0.1, -0.05) is 24.3 Å². The molecule has 5 heteroatoms. The van der Waals surface area contributed by atoms with Crippen LogP contribution in [0.3, 0.4) is 0 Å². The van der Waals surface area contributed by atoms with Crippen LogP contribution >= 0.6 is 0 Å². The number of H-pyrrole nitrogens is 1. The summed E-state index contributed by atoms with van der Waals surface area (Å²) in [4.78, 5) is 6.29. The highest BCUT2D eigenvalue weighted by molar-refractivity contribution is 5.86. The molecule has 31 heavy (non-hydrogen) atoms. The number of rotatable bonds is 3. The number of piperidine rings is 1. The highest BCUT2D eigenvalue weighted by Gasteiger charge is 2.73. The monoisotopic (exact) mass is 416 g/mol. The van der Waals surface area contributed by atoms with Crippen molar-refractivity contribution in [1.29, 1.82) is 0 Å². The van der Waals surface area contributed by atoms with Crippen molar-refractivity contribution < 1.29 is 14.2 Å². The number of benzene rings is 2. The number of likely N-dealkylation sites (tertiary alicyclic amines) is 1. The molecule has 3 aromatic rings. The summed E-state index contributed by atoms with van der Waals surface area (Å²) in [7, 11) is 4.01. The van der Waals surface area contributed by atoms with Gasteiger partial charge in [-0.3, -0.25) is 0 Å². The smallest absolute Gasteiger partial charge is 0.166 e. The van der Waals surface area contributed by atoms with Gasteiger partial charge in [0.05, 0.1) is 18.2 Å². The Kier molecular flexibility index (Phi) is 3.41. The number of ether oxygens (including phenoxy) is 3. The molecule has 0 amide bonds. The molecule has 2 bridgehead atoms. The minimum Gasteiger partial charge on any atom is -0.493 e. The second-order valence-corrected chi connectivity index (χ2v) is 9.61. The number of aromatic nitrogens is 1. The molecule has 1 spiro atoms. The van der Waals surface area contributed by atoms with E-state index in [1.165, 1.54) is 33.3 Å². The van der Waals surface area contributed by atoms with Crippen LogP contribution in [-0.4, -0.2) is 48.8 Å². The summed E-state index contributed by atoms with van der Waals surface area (Å²) in [5.74, 6) is 1.77. The predicted octanol–water partition coefficient (Wildman–Crippen LogP) is 4.14. The predicted molar refractivity (Wildman–Crippen MR) is 119 cm³/mol. The van der Waals surface area contributed by atoms with Crippen LogP contribution in [0.2, 0.25) is 0 Å². The van der Waals surface area contributed by atoms with Crippen LogP contribution in [0.1, 0.15) is 41.8 Å². The maximum absolute atomic E-state index is 6.94. The van der Waals surface area contributed by atoms with Crippen LogP contribution < -0.4 is 9.47 Å². The van der Waals surface area contributed by atoms with Crippen LogP contribution in [0.25, 0.3) is 10.9 Å². The summed E-state index contributed by atoms with van der Waals surface area (Å²) in [6.45, 7) is 3.88. The summed E-state index contributed by atoms with van der Waals surface area (Å²) in [6, 6.07) is 13.3. The summed E-state index contributed by atoms with van der Waals surface area (Å²) in [6.07, 6.45) is 2.83. The van der Waals surface area contributed by atoms with Gasteiger partial charge < -0.3 is 24.1 Å². The topological polar surface area (TPSA) is 46.7 Å². The number of para-hydroxylation sites is 1. The van der Waals surface area contributed by atoms with Gasteiger partial charge in [-0.25, -0.2) is 0 Å². The Morgan fingerprint density at radius 3 is 2.94 bits per heavy atom. The SMILES string of the molecule is CCOC12Cc3c([nH]c4ccccc34)C3Oc4c(OC)ccc5c4C31CCN(C)C2C5. The molecule has 2 aliphatic heterocycles. The van der Waals surface area contributed by atoms with Crippen LogP contribution in [0, 0.1) is 0 Å². The van der Waals surface area contributed by atoms with Crippen LogP contribution in [-0.2, 0) is 23.0 Å². The fraction of sp³-hybridized carbons (Fsp3) is 0.462. The number of methoxy groups -OCH3 is 1. The van der Waals surface area contributed by atoms with Gasteiger partial charge in [-0.2, -0.15) is 0 Å². The number of likely N-dealkylation sites (N-methyl/N-ethyl adjacent to an activating group) is 1. The summed E-state index contributed by atoms with van der Waals surface area (Å²) in [5, 5.41) is 1.30. The maximum atomic E-state index is 6.94. The second kappa shape index (κ2) is 5.84. The minimum absolute atomic E-state index is 0.0863. The number of nitrogens with zero attached hydrogens (tertiary/aromatic N) is 1. The van der Waals surface area contributed by atoms with Crippen molar-refractivity contribution in [2.45, 2.75) is 49.3 Å². The van der Waals surface area contributed by atoms with Crippen LogP contribution in [0.15, 0.2) is 36.4 Å². The molecular weight excluding hydrogens is 388 g/mol. The lowest BCUT2D eigenvalue weighted by Crippen LogP contribution is -2.74. The largest absolute Gasteiger partial charge is 0.493 e. The molecule has 7 rings (SSSR count). The molecule has 4 unspecified atom stereocenters. The highest BCUT2D eigenvalue weighted by atomic mass is 16.5. The van der Waals surface area contributed by atoms with E-state index in [4.69, 9.17) is 14.2 Å². The number of hydrogen-bond donors (Lipinski definition) is 1. The standard InChI is InChI=1S/C26H28N2O3/c1-4-30-26-14-17-16-7-5-6-8-18(16)27-22(17)24-25(26)11-12-28(2)20(26)13-15-9-10-19(29-3)23(31-24)21(15)25/h5-10,20,24,27H,4,11-14H2,1-3H3. The van der Waals surface area contributed by atoms with Crippen molar-refractivity contribution in [3.8, 4) is 11.5 Å². The quantitative estimate of drug-likeness (QED) is 0.697. The molecule has 160 valence electrons. The summed E-state index contributed by atoms with van der Waals surface area (Å²) < 4.78 is 19.6. The molecule has 3 heterocycles. The Balaban J connectivity index is 1.61. The van der Waals surface area contributed by atoms with Gasteiger partial charge in [-0.15, -0.1) is 0 Å². The first-order chi connectivity index (χ1) is 15.1. The molecule has 4 aliphatic rings. The van der Waals surface area contributed by atoms with Gasteiger partial charge in [0.1, 0.15) is 5.60 Å². The van der Waals surface area contributed by atoms with Gasteiger partial charge in [0.25, 0.3) is 0 Å². The fourth-order valence-corrected chi connectivity index (χ4v) is 7.50. The van der Waals surface area contributed by atoms with E-state index in [9.17, 15) is 0 Å². The van der Waals surface area contributed by atoms with Gasteiger partial charge >= 0.3 is 0 Å². The Morgan fingerprint density at radius 2 is 2.10 bits per heavy atom. The Bertz CT molecular complexity index is 1230. The lowest BCUT2D eigenvalue weighted by Gasteiger charge is -2.64. The van der Waals surface area contributed by atoms with Crippen LogP contribution in [0.4, 0.5) is 0 Å². The van der Waals surface area contributed by atoms with E-state index in [0.29, 0.717) is 12.6 Å². The lowest BCUT2D eigenvalue weighted by atomic mass is 9.49. The molecule has 0 saturated carbocycles. The fourth-order valence-electron chi connectivity index (χ4n) is 7.50. The molecule has 1 N–H and O–H groups in total. The lowest BCUT2D eigenvalue weighted by molar-refractivity contribution is -0.198. The van der Waals surface area contributed by atoms with E-state index in [1.807, 2.05) is 0 Å². The molecule has 4 atom stereocenters. The number of fused-ring (bicyclic) bond motifs is 4. The van der Waals surface area contributed by atoms with Gasteiger partial charge in [-0.05, 0) is 56.6 Å². The van der Waals surface area contributed by atoms with E-state index < -0.39 is 0 Å². The molecular formula is C26H28N2O3. The molecule has 1 fully saturated rings. The third kappa shape index (κ3) is 1.88. The molecule has 5 nitrogen and oxygen atoms in total. The summed E-state index contributed by atoms with van der Waals surface area (Å²) in [5.41, 5.74) is 5.99. The zero-order chi connectivity index (χ0) is 21.0. The Hall–Kier alpha value is -2.50. The minimum atomic E-state index is -0.317. The number of aromatic amines is 1. The first-order valence-electron chi connectivity index (χ1n) is 11.5. The van der Waals surface area contributed by atoms with Crippen molar-refractivity contribution in [3.63, 3.8) is 0 Å². The van der Waals surface area contributed by atoms with Gasteiger partial charge in [0.15, 0.2) is 17.6 Å². The first-order valence-corrected chi connectivity index (χ1v) is 11.5. The Labute approximate surface area is 182 Å². The van der Waals surface area contributed by atoms with Crippen molar-refractivity contribution in [2.75, 3.05) is 27.3 Å². The van der Waals surface area contributed by atoms with E-state index in [0.717, 1.165) is 37.3 Å². The summed E-state index contributed by atoms with van der Waals surface area (Å²) >= 11 is 0. The first kappa shape index (κ1) is 18.1. The Morgan fingerprint density at radius 1 is 1.23 bits per heavy atom. The normalized spacial score (nSPS) is 32.5. The third-order valence-electron chi connectivity index (χ3n) is 8.60. The number of nitrogens with one attached hydrogen (secondary N) is 1. The van der Waals surface area contributed by atoms with E-state index in [2.05, 4.69) is 60.3 Å².